The van der Waals surface area contributed by atoms with Gasteiger partial charge in [-0.3, -0.25) is 5.01 Å². The summed E-state index contributed by atoms with van der Waals surface area (Å²) in [6, 6.07) is 6.08. The molecule has 1 aliphatic heterocycles. The molecule has 2 heterocycles. The summed E-state index contributed by atoms with van der Waals surface area (Å²) < 4.78 is 0. The lowest BCUT2D eigenvalue weighted by Crippen LogP contribution is -2.37. The first-order valence-corrected chi connectivity index (χ1v) is 5.61. The molecular formula is C11H18N4O. The van der Waals surface area contributed by atoms with Crippen molar-refractivity contribution < 1.29 is 5.11 Å². The number of aliphatic hydroxyl groups excluding tert-OH is 1. The smallest absolute Gasteiger partial charge is 0.147 e. The Hall–Kier alpha value is -1.33. The molecule has 1 aromatic rings. The van der Waals surface area contributed by atoms with Crippen molar-refractivity contribution in [2.75, 3.05) is 16.9 Å². The van der Waals surface area contributed by atoms with Gasteiger partial charge in [0.25, 0.3) is 0 Å². The van der Waals surface area contributed by atoms with E-state index in [9.17, 15) is 5.11 Å². The summed E-state index contributed by atoms with van der Waals surface area (Å²) in [5.41, 5.74) is 3.10. The maximum Gasteiger partial charge on any atom is 0.147 e. The zero-order valence-corrected chi connectivity index (χ0v) is 9.64. The van der Waals surface area contributed by atoms with Gasteiger partial charge in [-0.25, -0.2) is 10.4 Å². The van der Waals surface area contributed by atoms with Crippen molar-refractivity contribution in [2.45, 2.75) is 32.5 Å². The Kier molecular flexibility index (Phi) is 3.26. The number of hydrogen-bond donors (Lipinski definition) is 3. The number of nitrogens with one attached hydrogen (secondary N) is 2. The van der Waals surface area contributed by atoms with Crippen molar-refractivity contribution in [3.8, 4) is 0 Å². The third kappa shape index (κ3) is 2.43. The summed E-state index contributed by atoms with van der Waals surface area (Å²) in [6.45, 7) is 4.92. The predicted octanol–water partition coefficient (Wildman–Crippen LogP) is 0.935. The summed E-state index contributed by atoms with van der Waals surface area (Å²) in [6.07, 6.45) is 0.241. The second-order valence-electron chi connectivity index (χ2n) is 4.23. The second-order valence-corrected chi connectivity index (χ2v) is 4.23. The lowest BCUT2D eigenvalue weighted by molar-refractivity contribution is 0.182. The number of rotatable bonds is 3. The van der Waals surface area contributed by atoms with E-state index in [2.05, 4.69) is 29.6 Å². The van der Waals surface area contributed by atoms with Crippen LogP contribution < -0.4 is 15.8 Å². The Bertz CT molecular complexity index is 356. The Morgan fingerprint density at radius 3 is 3.00 bits per heavy atom. The van der Waals surface area contributed by atoms with Crippen LogP contribution in [0.3, 0.4) is 0 Å². The van der Waals surface area contributed by atoms with Crippen molar-refractivity contribution in [3.63, 3.8) is 0 Å². The van der Waals surface area contributed by atoms with Crippen LogP contribution in [0.25, 0.3) is 0 Å². The Balaban J connectivity index is 2.15. The van der Waals surface area contributed by atoms with Crippen LogP contribution >= 0.6 is 0 Å². The predicted molar refractivity (Wildman–Crippen MR) is 64.1 cm³/mol. The van der Waals surface area contributed by atoms with Crippen LogP contribution in [0.1, 0.15) is 20.3 Å². The van der Waals surface area contributed by atoms with Crippen LogP contribution in [0.5, 0.6) is 0 Å². The van der Waals surface area contributed by atoms with Crippen molar-refractivity contribution in [2.24, 2.45) is 0 Å². The quantitative estimate of drug-likeness (QED) is 0.710. The van der Waals surface area contributed by atoms with E-state index in [1.165, 1.54) is 0 Å². The molecule has 0 saturated carbocycles. The molecule has 2 rings (SSSR count). The minimum absolute atomic E-state index is 0.346. The van der Waals surface area contributed by atoms with Crippen molar-refractivity contribution in [1.29, 1.82) is 0 Å². The molecular weight excluding hydrogens is 204 g/mol. The van der Waals surface area contributed by atoms with Gasteiger partial charge in [0.05, 0.1) is 0 Å². The molecule has 0 bridgehead atoms. The lowest BCUT2D eigenvalue weighted by Gasteiger charge is -2.21. The fourth-order valence-corrected chi connectivity index (χ4v) is 1.72. The zero-order valence-electron chi connectivity index (χ0n) is 9.64. The highest BCUT2D eigenvalue weighted by Crippen LogP contribution is 2.18. The van der Waals surface area contributed by atoms with E-state index < -0.39 is 6.23 Å². The van der Waals surface area contributed by atoms with Crippen molar-refractivity contribution in [3.05, 3.63) is 18.2 Å². The highest BCUT2D eigenvalue weighted by molar-refractivity contribution is 5.47. The number of aromatic nitrogens is 1. The van der Waals surface area contributed by atoms with Crippen LogP contribution in [-0.4, -0.2) is 28.9 Å². The maximum absolute atomic E-state index is 9.72. The average Bonchev–Trinajstić information content (AvgIpc) is 2.64. The van der Waals surface area contributed by atoms with Crippen molar-refractivity contribution in [1.82, 2.24) is 10.4 Å². The molecule has 1 aliphatic rings. The Labute approximate surface area is 95.5 Å². The molecule has 1 saturated heterocycles. The van der Waals surface area contributed by atoms with E-state index >= 15 is 0 Å². The van der Waals surface area contributed by atoms with E-state index in [4.69, 9.17) is 0 Å². The topological polar surface area (TPSA) is 60.4 Å². The first-order valence-electron chi connectivity index (χ1n) is 5.61. The fraction of sp³-hybridized carbons (Fsp3) is 0.545. The molecule has 3 N–H and O–H groups in total. The molecule has 5 nitrogen and oxygen atoms in total. The van der Waals surface area contributed by atoms with Gasteiger partial charge in [0.2, 0.25) is 0 Å². The molecule has 0 radical (unpaired) electrons. The van der Waals surface area contributed by atoms with Gasteiger partial charge in [-0.1, -0.05) is 6.07 Å². The summed E-state index contributed by atoms with van der Waals surface area (Å²) in [7, 11) is 0. The first-order chi connectivity index (χ1) is 7.66. The van der Waals surface area contributed by atoms with E-state index in [0.29, 0.717) is 6.04 Å². The molecule has 5 heteroatoms. The monoisotopic (exact) mass is 222 g/mol. The number of nitrogens with zero attached hydrogens (tertiary/aromatic N) is 2. The van der Waals surface area contributed by atoms with Gasteiger partial charge in [0.1, 0.15) is 17.9 Å². The van der Waals surface area contributed by atoms with Crippen LogP contribution in [0.15, 0.2) is 18.2 Å². The molecule has 0 spiro atoms. The van der Waals surface area contributed by atoms with Gasteiger partial charge in [0, 0.05) is 19.0 Å². The number of aliphatic hydroxyl groups is 1. The fourth-order valence-electron chi connectivity index (χ4n) is 1.72. The minimum atomic E-state index is -0.484. The summed E-state index contributed by atoms with van der Waals surface area (Å²) in [5, 5.41) is 14.7. The van der Waals surface area contributed by atoms with E-state index in [1.807, 2.05) is 18.2 Å². The molecule has 16 heavy (non-hydrogen) atoms. The van der Waals surface area contributed by atoms with E-state index in [0.717, 1.165) is 24.6 Å². The molecule has 1 atom stereocenters. The molecule has 0 aliphatic carbocycles. The Morgan fingerprint density at radius 1 is 1.56 bits per heavy atom. The summed E-state index contributed by atoms with van der Waals surface area (Å²) >= 11 is 0. The SMILES string of the molecule is CC(C)Nc1cccc(N2NCCC2O)n1. The van der Waals surface area contributed by atoms with Crippen LogP contribution in [-0.2, 0) is 0 Å². The molecule has 1 aromatic heterocycles. The molecule has 0 amide bonds. The Morgan fingerprint density at radius 2 is 2.38 bits per heavy atom. The normalized spacial score (nSPS) is 20.5. The highest BCUT2D eigenvalue weighted by atomic mass is 16.3. The number of anilines is 2. The van der Waals surface area contributed by atoms with Crippen LogP contribution in [0.2, 0.25) is 0 Å². The first kappa shape index (κ1) is 11.2. The largest absolute Gasteiger partial charge is 0.372 e. The van der Waals surface area contributed by atoms with Gasteiger partial charge in [-0.05, 0) is 26.0 Å². The maximum atomic E-state index is 9.72. The highest BCUT2D eigenvalue weighted by Gasteiger charge is 2.23. The van der Waals surface area contributed by atoms with Gasteiger partial charge >= 0.3 is 0 Å². The van der Waals surface area contributed by atoms with E-state index in [-0.39, 0.29) is 0 Å². The molecule has 88 valence electrons. The standard InChI is InChI=1S/C11H18N4O/c1-8(2)13-9-4-3-5-10(14-9)15-11(16)6-7-12-15/h3-5,8,11-12,16H,6-7H2,1-2H3,(H,13,14). The van der Waals surface area contributed by atoms with E-state index in [1.54, 1.807) is 5.01 Å². The third-order valence-corrected chi connectivity index (χ3v) is 2.40. The second kappa shape index (κ2) is 4.67. The molecule has 1 unspecified atom stereocenters. The van der Waals surface area contributed by atoms with Gasteiger partial charge in [0.15, 0.2) is 0 Å². The molecule has 1 fully saturated rings. The summed E-state index contributed by atoms with van der Waals surface area (Å²) in [4.78, 5) is 4.44. The lowest BCUT2D eigenvalue weighted by atomic mass is 10.3. The van der Waals surface area contributed by atoms with Crippen LogP contribution in [0, 0.1) is 0 Å². The van der Waals surface area contributed by atoms with Gasteiger partial charge in [-0.15, -0.1) is 0 Å². The van der Waals surface area contributed by atoms with Crippen molar-refractivity contribution >= 4 is 11.6 Å². The summed E-state index contributed by atoms with van der Waals surface area (Å²) in [5.74, 6) is 1.57. The van der Waals surface area contributed by atoms with Gasteiger partial charge < -0.3 is 10.4 Å². The molecule has 0 aromatic carbocycles. The number of hydrogen-bond acceptors (Lipinski definition) is 5. The van der Waals surface area contributed by atoms with Crippen LogP contribution in [0.4, 0.5) is 11.6 Å². The number of hydrazine groups is 1. The average molecular weight is 222 g/mol. The van der Waals surface area contributed by atoms with Gasteiger partial charge in [-0.2, -0.15) is 0 Å². The zero-order chi connectivity index (χ0) is 11.5. The number of pyridine rings is 1. The third-order valence-electron chi connectivity index (χ3n) is 2.40. The minimum Gasteiger partial charge on any atom is -0.372 e.